The molecule has 1 heterocycles. The zero-order valence-corrected chi connectivity index (χ0v) is 16.8. The van der Waals surface area contributed by atoms with E-state index in [1.54, 1.807) is 14.1 Å². The van der Waals surface area contributed by atoms with E-state index in [1.165, 1.54) is 4.90 Å². The first-order valence-electron chi connectivity index (χ1n) is 8.60. The molecule has 0 bridgehead atoms. The lowest BCUT2D eigenvalue weighted by Crippen LogP contribution is -2.25. The Kier molecular flexibility index (Phi) is 7.48. The number of aromatic nitrogens is 1. The van der Waals surface area contributed by atoms with E-state index >= 15 is 0 Å². The number of nitrogens with one attached hydrogen (secondary N) is 1. The predicted molar refractivity (Wildman–Crippen MR) is 106 cm³/mol. The van der Waals surface area contributed by atoms with E-state index in [2.05, 4.69) is 10.3 Å². The van der Waals surface area contributed by atoms with Gasteiger partial charge in [0, 0.05) is 38.8 Å². The standard InChI is InChI=1S/C18H18F4N4O3S/c1-25(2)15-8-11(18(20,21)22)9-16(24-15)29-7-3-6-23-17(30)13-10-12(26(27)28)4-5-14(13)19/h4-5,8-10H,3,6-7H2,1-2H3,(H,23,30). The fourth-order valence-electron chi connectivity index (χ4n) is 2.30. The summed E-state index contributed by atoms with van der Waals surface area (Å²) in [5.74, 6) is -0.792. The summed E-state index contributed by atoms with van der Waals surface area (Å²) in [5, 5.41) is 13.5. The third-order valence-electron chi connectivity index (χ3n) is 3.84. The van der Waals surface area contributed by atoms with Gasteiger partial charge in [0.15, 0.2) is 0 Å². The van der Waals surface area contributed by atoms with Gasteiger partial charge in [-0.2, -0.15) is 18.2 Å². The minimum absolute atomic E-state index is 0.0220. The first kappa shape index (κ1) is 23.3. The monoisotopic (exact) mass is 446 g/mol. The highest BCUT2D eigenvalue weighted by Gasteiger charge is 2.32. The Hall–Kier alpha value is -3.02. The number of nitro groups is 1. The molecular weight excluding hydrogens is 428 g/mol. The van der Waals surface area contributed by atoms with E-state index in [-0.39, 0.29) is 41.1 Å². The number of rotatable bonds is 8. The molecule has 0 atom stereocenters. The van der Waals surface area contributed by atoms with Crippen LogP contribution in [0.5, 0.6) is 5.88 Å². The van der Waals surface area contributed by atoms with Crippen molar-refractivity contribution >= 4 is 28.7 Å². The van der Waals surface area contributed by atoms with Gasteiger partial charge in [-0.25, -0.2) is 4.39 Å². The van der Waals surface area contributed by atoms with Crippen LogP contribution in [0, 0.1) is 15.9 Å². The molecule has 1 aromatic carbocycles. The Labute approximate surface area is 174 Å². The molecule has 2 rings (SSSR count). The number of hydrogen-bond acceptors (Lipinski definition) is 6. The topological polar surface area (TPSA) is 80.5 Å². The molecule has 0 saturated carbocycles. The van der Waals surface area contributed by atoms with Crippen LogP contribution >= 0.6 is 12.2 Å². The minimum atomic E-state index is -4.54. The van der Waals surface area contributed by atoms with Crippen molar-refractivity contribution in [2.75, 3.05) is 32.1 Å². The molecule has 0 aliphatic heterocycles. The second-order valence-corrected chi connectivity index (χ2v) is 6.73. The number of nitro benzene ring substituents is 1. The molecule has 162 valence electrons. The average molecular weight is 446 g/mol. The molecule has 0 fully saturated rings. The van der Waals surface area contributed by atoms with Crippen LogP contribution in [0.1, 0.15) is 17.5 Å². The summed E-state index contributed by atoms with van der Waals surface area (Å²) in [6.45, 7) is 0.231. The Bertz CT molecular complexity index is 938. The third-order valence-corrected chi connectivity index (χ3v) is 4.20. The van der Waals surface area contributed by atoms with E-state index in [0.29, 0.717) is 6.42 Å². The van der Waals surface area contributed by atoms with Gasteiger partial charge in [-0.15, -0.1) is 0 Å². The molecular formula is C18H18F4N4O3S. The van der Waals surface area contributed by atoms with Crippen molar-refractivity contribution in [3.63, 3.8) is 0 Å². The zero-order valence-electron chi connectivity index (χ0n) is 16.0. The summed E-state index contributed by atoms with van der Waals surface area (Å²) in [6, 6.07) is 4.73. The molecule has 0 radical (unpaired) electrons. The van der Waals surface area contributed by atoms with Crippen molar-refractivity contribution in [2.45, 2.75) is 12.6 Å². The highest BCUT2D eigenvalue weighted by atomic mass is 32.1. The molecule has 1 aromatic heterocycles. The summed E-state index contributed by atoms with van der Waals surface area (Å²) in [6.07, 6.45) is -4.23. The largest absolute Gasteiger partial charge is 0.478 e. The molecule has 12 heteroatoms. The highest BCUT2D eigenvalue weighted by Crippen LogP contribution is 2.33. The Morgan fingerprint density at radius 2 is 2.00 bits per heavy atom. The maximum absolute atomic E-state index is 13.8. The summed E-state index contributed by atoms with van der Waals surface area (Å²) < 4.78 is 58.2. The number of pyridine rings is 1. The maximum Gasteiger partial charge on any atom is 0.416 e. The number of nitrogens with zero attached hydrogens (tertiary/aromatic N) is 3. The maximum atomic E-state index is 13.8. The predicted octanol–water partition coefficient (Wildman–Crippen LogP) is 3.95. The smallest absolute Gasteiger partial charge is 0.416 e. The molecule has 1 N–H and O–H groups in total. The first-order valence-corrected chi connectivity index (χ1v) is 9.01. The summed E-state index contributed by atoms with van der Waals surface area (Å²) in [7, 11) is 3.12. The van der Waals surface area contributed by atoms with Gasteiger partial charge in [0.2, 0.25) is 5.88 Å². The molecule has 30 heavy (non-hydrogen) atoms. The number of non-ortho nitro benzene ring substituents is 1. The van der Waals surface area contributed by atoms with Crippen molar-refractivity contribution < 1.29 is 27.2 Å². The molecule has 0 amide bonds. The van der Waals surface area contributed by atoms with Gasteiger partial charge in [0.05, 0.1) is 22.7 Å². The van der Waals surface area contributed by atoms with E-state index in [4.69, 9.17) is 17.0 Å². The van der Waals surface area contributed by atoms with Gasteiger partial charge in [0.1, 0.15) is 16.6 Å². The molecule has 0 aliphatic rings. The molecule has 0 aliphatic carbocycles. The van der Waals surface area contributed by atoms with Crippen LogP contribution in [0.3, 0.4) is 0 Å². The Morgan fingerprint density at radius 1 is 1.30 bits per heavy atom. The fraction of sp³-hybridized carbons (Fsp3) is 0.333. The van der Waals surface area contributed by atoms with E-state index < -0.39 is 22.5 Å². The van der Waals surface area contributed by atoms with Crippen LogP contribution in [0.2, 0.25) is 0 Å². The van der Waals surface area contributed by atoms with Crippen LogP contribution in [0.15, 0.2) is 30.3 Å². The number of halogens is 4. The average Bonchev–Trinajstić information content (AvgIpc) is 2.66. The van der Waals surface area contributed by atoms with Crippen LogP contribution in [-0.4, -0.2) is 42.1 Å². The number of ether oxygens (including phenoxy) is 1. The number of alkyl halides is 3. The van der Waals surface area contributed by atoms with Crippen molar-refractivity contribution in [3.05, 3.63) is 57.4 Å². The first-order chi connectivity index (χ1) is 14.0. The van der Waals surface area contributed by atoms with Gasteiger partial charge < -0.3 is 15.0 Å². The van der Waals surface area contributed by atoms with Crippen LogP contribution in [-0.2, 0) is 6.18 Å². The zero-order chi connectivity index (χ0) is 22.5. The minimum Gasteiger partial charge on any atom is -0.478 e. The van der Waals surface area contributed by atoms with Gasteiger partial charge in [-0.05, 0) is 18.6 Å². The SMILES string of the molecule is CN(C)c1cc(C(F)(F)F)cc(OCCCNC(=S)c2cc([N+](=O)[O-])ccc2F)n1. The van der Waals surface area contributed by atoms with Crippen LogP contribution in [0.4, 0.5) is 29.1 Å². The van der Waals surface area contributed by atoms with Crippen LogP contribution < -0.4 is 15.0 Å². The van der Waals surface area contributed by atoms with E-state index in [9.17, 15) is 27.7 Å². The normalized spacial score (nSPS) is 11.1. The summed E-state index contributed by atoms with van der Waals surface area (Å²) in [4.78, 5) is 15.5. The summed E-state index contributed by atoms with van der Waals surface area (Å²) in [5.41, 5.74) is -1.29. The second-order valence-electron chi connectivity index (χ2n) is 6.32. The fourth-order valence-corrected chi connectivity index (χ4v) is 2.56. The summed E-state index contributed by atoms with van der Waals surface area (Å²) >= 11 is 5.04. The van der Waals surface area contributed by atoms with Gasteiger partial charge >= 0.3 is 6.18 Å². The Morgan fingerprint density at radius 3 is 2.60 bits per heavy atom. The Balaban J connectivity index is 1.93. The molecule has 0 saturated heterocycles. The van der Waals surface area contributed by atoms with Gasteiger partial charge in [-0.3, -0.25) is 10.1 Å². The van der Waals surface area contributed by atoms with Gasteiger partial charge in [-0.1, -0.05) is 12.2 Å². The van der Waals surface area contributed by atoms with Crippen molar-refractivity contribution in [3.8, 4) is 5.88 Å². The van der Waals surface area contributed by atoms with E-state index in [0.717, 1.165) is 30.3 Å². The number of benzene rings is 1. The van der Waals surface area contributed by atoms with Gasteiger partial charge in [0.25, 0.3) is 5.69 Å². The van der Waals surface area contributed by atoms with E-state index in [1.807, 2.05) is 0 Å². The van der Waals surface area contributed by atoms with Crippen LogP contribution in [0.25, 0.3) is 0 Å². The third kappa shape index (κ3) is 6.24. The van der Waals surface area contributed by atoms with Crippen molar-refractivity contribution in [1.82, 2.24) is 10.3 Å². The quantitative estimate of drug-likeness (QED) is 0.216. The molecule has 7 nitrogen and oxygen atoms in total. The number of hydrogen-bond donors (Lipinski definition) is 1. The number of anilines is 1. The van der Waals surface area contributed by atoms with Crippen molar-refractivity contribution in [2.24, 2.45) is 0 Å². The molecule has 0 unspecified atom stereocenters. The lowest BCUT2D eigenvalue weighted by atomic mass is 10.2. The lowest BCUT2D eigenvalue weighted by Gasteiger charge is -2.16. The molecule has 2 aromatic rings. The number of thiocarbonyl (C=S) groups is 1. The lowest BCUT2D eigenvalue weighted by molar-refractivity contribution is -0.384. The molecule has 0 spiro atoms. The highest BCUT2D eigenvalue weighted by molar-refractivity contribution is 7.80. The second kappa shape index (κ2) is 9.65. The van der Waals surface area contributed by atoms with Crippen molar-refractivity contribution in [1.29, 1.82) is 0 Å².